The molecule has 0 saturated carbocycles. The van der Waals surface area contributed by atoms with Gasteiger partial charge in [-0.2, -0.15) is 0 Å². The Morgan fingerprint density at radius 1 is 0.833 bits per heavy atom. The zero-order chi connectivity index (χ0) is 14.3. The Labute approximate surface area is 114 Å². The minimum absolute atomic E-state index is 0.259. The van der Waals surface area contributed by atoms with Crippen molar-refractivity contribution in [2.45, 2.75) is 67.5 Å². The van der Waals surface area contributed by atoms with Crippen LogP contribution in [-0.2, 0) is 0 Å². The molecule has 0 N–H and O–H groups in total. The van der Waals surface area contributed by atoms with E-state index < -0.39 is 0 Å². The fourth-order valence-corrected chi connectivity index (χ4v) is 2.01. The lowest BCUT2D eigenvalue weighted by atomic mass is 9.58. The summed E-state index contributed by atoms with van der Waals surface area (Å²) in [6.45, 7) is 17.5. The highest BCUT2D eigenvalue weighted by molar-refractivity contribution is 6.66. The van der Waals surface area contributed by atoms with Crippen LogP contribution in [0.3, 0.4) is 0 Å². The van der Waals surface area contributed by atoms with Crippen molar-refractivity contribution < 1.29 is 0 Å². The zero-order valence-electron chi connectivity index (χ0n) is 13.3. The van der Waals surface area contributed by atoms with Crippen molar-refractivity contribution in [2.24, 2.45) is 0 Å². The average Bonchev–Trinajstić information content (AvgIpc) is 2.20. The van der Waals surface area contributed by atoms with Gasteiger partial charge in [0.05, 0.1) is 0 Å². The maximum absolute atomic E-state index is 3.33. The SMILES string of the molecule is CC(C)=C=CB(C=C=C(C)C)N(C(C)C)C(C)C. The molecule has 2 heteroatoms. The molecule has 0 fully saturated rings. The van der Waals surface area contributed by atoms with Crippen LogP contribution in [0.1, 0.15) is 55.4 Å². The van der Waals surface area contributed by atoms with Crippen LogP contribution < -0.4 is 0 Å². The second-order valence-electron chi connectivity index (χ2n) is 5.75. The second kappa shape index (κ2) is 8.22. The van der Waals surface area contributed by atoms with Gasteiger partial charge in [-0.3, -0.25) is 0 Å². The molecule has 100 valence electrons. The molecule has 0 heterocycles. The van der Waals surface area contributed by atoms with Gasteiger partial charge in [-0.1, -0.05) is 39.6 Å². The third kappa shape index (κ3) is 6.72. The molecular weight excluding hydrogens is 217 g/mol. The Morgan fingerprint density at radius 2 is 1.17 bits per heavy atom. The first-order valence-electron chi connectivity index (χ1n) is 6.83. The van der Waals surface area contributed by atoms with Crippen molar-refractivity contribution in [2.75, 3.05) is 0 Å². The first-order valence-corrected chi connectivity index (χ1v) is 6.83. The molecule has 0 aliphatic heterocycles. The monoisotopic (exact) mass is 245 g/mol. The summed E-state index contributed by atoms with van der Waals surface area (Å²) < 4.78 is 0. The minimum atomic E-state index is 0.259. The van der Waals surface area contributed by atoms with E-state index in [1.165, 1.54) is 11.1 Å². The number of hydrogen-bond acceptors (Lipinski definition) is 1. The molecular formula is C16H28BN. The summed E-state index contributed by atoms with van der Waals surface area (Å²) in [4.78, 5) is 2.46. The smallest absolute Gasteiger partial charge is 0.293 e. The third-order valence-corrected chi connectivity index (χ3v) is 2.62. The lowest BCUT2D eigenvalue weighted by Gasteiger charge is -2.33. The van der Waals surface area contributed by atoms with Gasteiger partial charge in [0, 0.05) is 0 Å². The van der Waals surface area contributed by atoms with Gasteiger partial charge in [0.25, 0.3) is 6.85 Å². The van der Waals surface area contributed by atoms with Gasteiger partial charge in [0.15, 0.2) is 0 Å². The molecule has 0 rings (SSSR count). The molecule has 0 aliphatic rings. The summed E-state index contributed by atoms with van der Waals surface area (Å²) in [6.07, 6.45) is 0. The van der Waals surface area contributed by atoms with Crippen LogP contribution in [0.25, 0.3) is 0 Å². The zero-order valence-corrected chi connectivity index (χ0v) is 13.3. The summed E-state index contributed by atoms with van der Waals surface area (Å²) >= 11 is 0. The lowest BCUT2D eigenvalue weighted by molar-refractivity contribution is 0.309. The molecule has 0 spiro atoms. The van der Waals surface area contributed by atoms with Crippen molar-refractivity contribution in [1.82, 2.24) is 4.81 Å². The van der Waals surface area contributed by atoms with Crippen LogP contribution in [0.2, 0.25) is 0 Å². The fourth-order valence-electron chi connectivity index (χ4n) is 2.01. The number of rotatable bonds is 5. The largest absolute Gasteiger partial charge is 0.330 e. The van der Waals surface area contributed by atoms with Gasteiger partial charge in [-0.25, -0.2) is 0 Å². The summed E-state index contributed by atoms with van der Waals surface area (Å²) in [5, 5.41) is 0. The summed E-state index contributed by atoms with van der Waals surface area (Å²) in [5.41, 5.74) is 9.07. The normalized spacial score (nSPS) is 10.2. The molecule has 0 bridgehead atoms. The van der Waals surface area contributed by atoms with Gasteiger partial charge < -0.3 is 4.81 Å². The molecule has 0 aromatic rings. The molecule has 0 unspecified atom stereocenters. The van der Waals surface area contributed by atoms with Crippen molar-refractivity contribution in [3.63, 3.8) is 0 Å². The molecule has 18 heavy (non-hydrogen) atoms. The molecule has 0 radical (unpaired) electrons. The van der Waals surface area contributed by atoms with E-state index in [2.05, 4.69) is 83.6 Å². The molecule has 0 aliphatic carbocycles. The summed E-state index contributed by atoms with van der Waals surface area (Å²) in [7, 11) is 0. The Kier molecular flexibility index (Phi) is 7.79. The summed E-state index contributed by atoms with van der Waals surface area (Å²) in [5.74, 6) is 4.29. The van der Waals surface area contributed by atoms with Gasteiger partial charge in [-0.05, 0) is 50.9 Å². The number of hydrogen-bond donors (Lipinski definition) is 0. The Morgan fingerprint density at radius 3 is 1.39 bits per heavy atom. The number of nitrogens with zero attached hydrogens (tertiary/aromatic N) is 1. The highest BCUT2D eigenvalue weighted by Gasteiger charge is 2.23. The van der Waals surface area contributed by atoms with Crippen molar-refractivity contribution in [1.29, 1.82) is 0 Å². The van der Waals surface area contributed by atoms with Gasteiger partial charge >= 0.3 is 0 Å². The summed E-state index contributed by atoms with van der Waals surface area (Å²) in [6, 6.07) is 1.00. The standard InChI is InChI=1S/C16H28BN/c1-13(2)9-11-17(12-10-14(3)4)18(15(5)6)16(7)8/h11-12,15-16H,1-8H3. The quantitative estimate of drug-likeness (QED) is 0.512. The topological polar surface area (TPSA) is 3.24 Å². The maximum Gasteiger partial charge on any atom is 0.293 e. The van der Waals surface area contributed by atoms with E-state index in [-0.39, 0.29) is 6.85 Å². The molecule has 0 aromatic carbocycles. The Bertz CT molecular complexity index is 334. The number of allylic oxidation sites excluding steroid dienone is 2. The van der Waals surface area contributed by atoms with E-state index in [9.17, 15) is 0 Å². The lowest BCUT2D eigenvalue weighted by Crippen LogP contribution is -2.46. The van der Waals surface area contributed by atoms with Crippen LogP contribution >= 0.6 is 0 Å². The van der Waals surface area contributed by atoms with Gasteiger partial charge in [0.1, 0.15) is 0 Å². The van der Waals surface area contributed by atoms with E-state index in [0.717, 1.165) is 0 Å². The maximum atomic E-state index is 3.33. The van der Waals surface area contributed by atoms with E-state index in [0.29, 0.717) is 12.1 Å². The van der Waals surface area contributed by atoms with E-state index in [4.69, 9.17) is 0 Å². The van der Waals surface area contributed by atoms with Gasteiger partial charge in [0.2, 0.25) is 0 Å². The van der Waals surface area contributed by atoms with E-state index in [1.807, 2.05) is 0 Å². The van der Waals surface area contributed by atoms with Crippen LogP contribution in [0.5, 0.6) is 0 Å². The van der Waals surface area contributed by atoms with Crippen LogP contribution in [0.15, 0.2) is 34.6 Å². The van der Waals surface area contributed by atoms with Crippen molar-refractivity contribution in [3.05, 3.63) is 34.6 Å². The first kappa shape index (κ1) is 17.1. The van der Waals surface area contributed by atoms with Crippen molar-refractivity contribution in [3.8, 4) is 0 Å². The molecule has 0 atom stereocenters. The Balaban J connectivity index is 5.45. The second-order valence-corrected chi connectivity index (χ2v) is 5.75. The molecule has 0 amide bonds. The molecule has 0 saturated heterocycles. The van der Waals surface area contributed by atoms with Crippen LogP contribution in [-0.4, -0.2) is 23.7 Å². The first-order chi connectivity index (χ1) is 8.25. The predicted octanol–water partition coefficient (Wildman–Crippen LogP) is 4.42. The van der Waals surface area contributed by atoms with Gasteiger partial charge in [-0.15, -0.1) is 11.5 Å². The molecule has 1 nitrogen and oxygen atoms in total. The van der Waals surface area contributed by atoms with Crippen LogP contribution in [0, 0.1) is 0 Å². The third-order valence-electron chi connectivity index (χ3n) is 2.62. The highest BCUT2D eigenvalue weighted by atomic mass is 15.1. The predicted molar refractivity (Wildman–Crippen MR) is 83.8 cm³/mol. The van der Waals surface area contributed by atoms with Crippen LogP contribution in [0.4, 0.5) is 0 Å². The average molecular weight is 245 g/mol. The highest BCUT2D eigenvalue weighted by Crippen LogP contribution is 2.10. The molecule has 0 aromatic heterocycles. The van der Waals surface area contributed by atoms with E-state index >= 15 is 0 Å². The Hall–Kier alpha value is -0.935. The van der Waals surface area contributed by atoms with E-state index in [1.54, 1.807) is 0 Å². The fraction of sp³-hybridized carbons (Fsp3) is 0.625. The minimum Gasteiger partial charge on any atom is -0.330 e. The van der Waals surface area contributed by atoms with Crippen molar-refractivity contribution >= 4 is 6.85 Å².